The zero-order chi connectivity index (χ0) is 63.6. The molecular weight excluding hydrogens is 1310 g/mol. The van der Waals surface area contributed by atoms with Crippen molar-refractivity contribution in [2.75, 3.05) is 77.4 Å². The van der Waals surface area contributed by atoms with Gasteiger partial charge < -0.3 is 57.3 Å². The van der Waals surface area contributed by atoms with E-state index >= 15 is 0 Å². The van der Waals surface area contributed by atoms with Crippen LogP contribution in [0, 0.1) is 29.9 Å². The first kappa shape index (κ1) is 72.5. The largest absolute Gasteiger partial charge is 0.481 e. The molecule has 4 saturated heterocycles. The average molecular weight is 1390 g/mol. The number of ether oxygens (including phenoxy) is 2. The summed E-state index contributed by atoms with van der Waals surface area (Å²) in [6.07, 6.45) is 8.24. The van der Waals surface area contributed by atoms with E-state index in [1.165, 1.54) is 47.3 Å². The predicted molar refractivity (Wildman–Crippen MR) is 348 cm³/mol. The van der Waals surface area contributed by atoms with Crippen LogP contribution in [-0.4, -0.2) is 182 Å². The average Bonchev–Trinajstić information content (AvgIpc) is 0.977. The molecule has 2 aromatic carbocycles. The van der Waals surface area contributed by atoms with Crippen molar-refractivity contribution < 1.29 is 57.2 Å². The summed E-state index contributed by atoms with van der Waals surface area (Å²) in [5.41, 5.74) is 0.700. The second kappa shape index (κ2) is 32.1. The number of hydrogen-bond donors (Lipinski definition) is 4. The van der Waals surface area contributed by atoms with Gasteiger partial charge in [0.05, 0.1) is 57.3 Å². The molecule has 0 aliphatic carbocycles. The number of carboxylic acids is 2. The summed E-state index contributed by atoms with van der Waals surface area (Å²) < 4.78 is 39.4. The fourth-order valence-electron chi connectivity index (χ4n) is 10.8. The normalized spacial score (nSPS) is 19.9. The Morgan fingerprint density at radius 2 is 1.20 bits per heavy atom. The van der Waals surface area contributed by atoms with Gasteiger partial charge in [-0.15, -0.1) is 22.7 Å². The maximum absolute atomic E-state index is 14.6. The second-order valence-electron chi connectivity index (χ2n) is 23.0. The number of aliphatic imine (C=N–C) groups is 2. The summed E-state index contributed by atoms with van der Waals surface area (Å²) in [7, 11) is 0. The van der Waals surface area contributed by atoms with E-state index < -0.39 is 58.4 Å². The Bertz CT molecular complexity index is 3350. The molecule has 4 amide bonds. The summed E-state index contributed by atoms with van der Waals surface area (Å²) in [6, 6.07) is 7.43. The molecule has 0 bridgehead atoms. The van der Waals surface area contributed by atoms with Gasteiger partial charge in [0.25, 0.3) is 0 Å². The molecule has 490 valence electrons. The van der Waals surface area contributed by atoms with Crippen LogP contribution in [0.15, 0.2) is 92.1 Å². The van der Waals surface area contributed by atoms with Crippen molar-refractivity contribution in [2.24, 2.45) is 20.8 Å². The molecule has 6 aliphatic heterocycles. The topological polar surface area (TPSA) is 252 Å². The van der Waals surface area contributed by atoms with Crippen molar-refractivity contribution in [1.82, 2.24) is 45.1 Å². The van der Waals surface area contributed by atoms with E-state index in [1.807, 2.05) is 32.4 Å². The Kier molecular flexibility index (Phi) is 25.9. The van der Waals surface area contributed by atoms with E-state index in [1.54, 1.807) is 70.1 Å². The zero-order valence-corrected chi connectivity index (χ0v) is 55.4. The van der Waals surface area contributed by atoms with Crippen LogP contribution in [0.25, 0.3) is 0 Å². The van der Waals surface area contributed by atoms with Crippen molar-refractivity contribution in [2.45, 2.75) is 112 Å². The molecule has 6 aliphatic rings. The number of nitrogens with zero attached hydrogens (tertiary/aromatic N) is 9. The number of benzene rings is 2. The predicted octanol–water partition coefficient (Wildman–Crippen LogP) is 11.3. The van der Waals surface area contributed by atoms with Crippen LogP contribution in [-0.2, 0) is 28.7 Å². The van der Waals surface area contributed by atoms with E-state index in [4.69, 9.17) is 42.8 Å². The Morgan fingerprint density at radius 3 is 1.67 bits per heavy atom. The van der Waals surface area contributed by atoms with Crippen molar-refractivity contribution in [3.63, 3.8) is 0 Å². The number of urea groups is 2. The highest BCUT2D eigenvalue weighted by Crippen LogP contribution is 2.40. The number of amidine groups is 2. The minimum absolute atomic E-state index is 0. The number of nitrogens with one attached hydrogen (secondary N) is 2. The van der Waals surface area contributed by atoms with Crippen LogP contribution in [0.3, 0.4) is 0 Å². The van der Waals surface area contributed by atoms with Crippen LogP contribution in [0.1, 0.15) is 121 Å². The Labute approximate surface area is 550 Å². The molecule has 21 nitrogen and oxygen atoms in total. The molecule has 4 aromatic rings. The molecule has 8 heterocycles. The third-order valence-electron chi connectivity index (χ3n) is 16.0. The molecule has 28 heteroatoms. The molecular formula is C62H79BrCl2F2N11O10S2-. The quantitative estimate of drug-likeness (QED) is 0.0365. The van der Waals surface area contributed by atoms with Gasteiger partial charge in [0.2, 0.25) is 0 Å². The summed E-state index contributed by atoms with van der Waals surface area (Å²) >= 11 is 18.8. The van der Waals surface area contributed by atoms with Crippen molar-refractivity contribution in [1.29, 1.82) is 0 Å². The first-order valence-corrected chi connectivity index (χ1v) is 32.7. The summed E-state index contributed by atoms with van der Waals surface area (Å²) in [5.74, 6) is -3.04. The van der Waals surface area contributed by atoms with Gasteiger partial charge in [0.1, 0.15) is 23.7 Å². The van der Waals surface area contributed by atoms with Crippen molar-refractivity contribution >= 4 is 109 Å². The Hall–Kier alpha value is -6.58. The van der Waals surface area contributed by atoms with Crippen LogP contribution in [0.4, 0.5) is 18.4 Å². The highest BCUT2D eigenvalue weighted by atomic mass is 79.9. The van der Waals surface area contributed by atoms with Crippen LogP contribution >= 0.6 is 61.8 Å². The van der Waals surface area contributed by atoms with E-state index in [-0.39, 0.29) is 61.8 Å². The fraction of sp³-hybridized carbons (Fsp3) is 0.500. The number of aliphatic carboxylic acids is 2. The molecule has 0 radical (unpaired) electrons. The van der Waals surface area contributed by atoms with E-state index in [0.29, 0.717) is 126 Å². The fourth-order valence-corrected chi connectivity index (χ4v) is 12.9. The van der Waals surface area contributed by atoms with Gasteiger partial charge in [0.15, 0.2) is 21.7 Å². The lowest BCUT2D eigenvalue weighted by molar-refractivity contribution is -0.148. The number of carbonyl (C=O) groups is 6. The monoisotopic (exact) mass is 1390 g/mol. The third kappa shape index (κ3) is 16.9. The number of carbonyl (C=O) groups excluding carboxylic acids is 4. The lowest BCUT2D eigenvalue weighted by Gasteiger charge is -2.38. The lowest BCUT2D eigenvalue weighted by atomic mass is 9.89. The van der Waals surface area contributed by atoms with Crippen molar-refractivity contribution in [3.8, 4) is 0 Å². The number of thiazole rings is 2. The summed E-state index contributed by atoms with van der Waals surface area (Å²) in [4.78, 5) is 102. The smallest absolute Gasteiger partial charge is 0.338 e. The van der Waals surface area contributed by atoms with Gasteiger partial charge in [-0.1, -0.05) is 77.7 Å². The van der Waals surface area contributed by atoms with E-state index in [2.05, 4.69) is 46.4 Å². The van der Waals surface area contributed by atoms with Gasteiger partial charge in [-0.05, 0) is 85.3 Å². The first-order chi connectivity index (χ1) is 42.0. The molecule has 0 spiro atoms. The van der Waals surface area contributed by atoms with E-state index in [0.717, 1.165) is 25.9 Å². The maximum atomic E-state index is 14.6. The number of allylic oxidation sites excluding steroid dienone is 1. The SMILES string of the molecule is C.CC(C)(CCN1C[C@@H]2CCCCN2C1=O)C(=O)O.CCCOC(=O)C1=C(CBr)NC(c2nccs2)=N[C@H]1c1cccc(F)c1Cl.CCOC(=O)C1=C(CN2CCN3C(=O)N(CCC(C)(C)C(=O)O)C[C@@H]3C2)NC(c2nccs2)=N[C@H]1c1cccc(F)c1Cl.[CH3-]. The second-order valence-corrected chi connectivity index (χ2v) is 26.1. The van der Waals surface area contributed by atoms with Crippen LogP contribution in [0.2, 0.25) is 10.0 Å². The van der Waals surface area contributed by atoms with Crippen LogP contribution in [0.5, 0.6) is 0 Å². The molecule has 0 saturated carbocycles. The maximum Gasteiger partial charge on any atom is 0.338 e. The minimum Gasteiger partial charge on any atom is -0.481 e. The summed E-state index contributed by atoms with van der Waals surface area (Å²) in [5, 5.41) is 30.1. The number of rotatable bonds is 20. The van der Waals surface area contributed by atoms with Gasteiger partial charge in [-0.3, -0.25) is 24.5 Å². The minimum atomic E-state index is -0.935. The summed E-state index contributed by atoms with van der Waals surface area (Å²) in [6.45, 7) is 15.7. The van der Waals surface area contributed by atoms with Gasteiger partial charge in [0, 0.05) is 110 Å². The zero-order valence-electron chi connectivity index (χ0n) is 50.7. The number of alkyl halides is 1. The molecule has 4 N–H and O–H groups in total. The number of fused-ring (bicyclic) bond motifs is 2. The number of amides is 4. The van der Waals surface area contributed by atoms with Gasteiger partial charge in [-0.2, -0.15) is 0 Å². The van der Waals surface area contributed by atoms with Gasteiger partial charge in [-0.25, -0.2) is 37.9 Å². The highest BCUT2D eigenvalue weighted by molar-refractivity contribution is 9.09. The molecule has 4 fully saturated rings. The number of aromatic nitrogens is 2. The molecule has 90 heavy (non-hydrogen) atoms. The van der Waals surface area contributed by atoms with E-state index in [9.17, 15) is 42.7 Å². The Morgan fingerprint density at radius 1 is 0.711 bits per heavy atom. The Balaban J connectivity index is 0.000000234. The first-order valence-electron chi connectivity index (χ1n) is 29.0. The van der Waals surface area contributed by atoms with Crippen LogP contribution < -0.4 is 10.6 Å². The number of piperidine rings is 1. The number of carboxylic acid groups (broad SMARTS) is 2. The third-order valence-corrected chi connectivity index (χ3v) is 18.9. The number of esters is 2. The highest BCUT2D eigenvalue weighted by Gasteiger charge is 2.44. The molecule has 4 atom stereocenters. The number of halogens is 5. The number of piperazine rings is 1. The van der Waals surface area contributed by atoms with Gasteiger partial charge >= 0.3 is 35.9 Å². The molecule has 10 rings (SSSR count). The number of hydrogen-bond acceptors (Lipinski definition) is 17. The lowest BCUT2D eigenvalue weighted by Crippen LogP contribution is -2.53. The van der Waals surface area contributed by atoms with Crippen molar-refractivity contribution in [3.05, 3.63) is 132 Å². The molecule has 0 unspecified atom stereocenters. The molecule has 2 aromatic heterocycles. The standard InChI is InChI=1S/C29H34ClFN6O5S.C18H16BrClFN3O2S.C13H22N2O3.CH4.CH3/c1-4-42-26(38)21-20(33-24(25-32-9-13-43-25)34-23(21)18-6-5-7-19(31)22(18)30)16-35-11-12-37-17(14-35)15-36(28(37)41)10-8-29(2,3)27(39)40;1-2-7-26-18(25)13-12(9-19)23-16(17-22-6-8-27-17)24-15(13)10-4-3-5-11(21)14(10)20;1-13(2,11(16)17)6-8-14-9-10-5-3-4-7-15(10)12(14)18;;/h5-7,9,13,17,23H,4,8,10-12,14-16H2,1-3H3,(H,33,34)(H,39,40);3-6,8,15H,2,7,9H2,1H3,(H,23,24);10H,3-9H2,1-2H3,(H,16,17);1H4;1H3/q;;;;-1/t17-,23-;15-;10-;;/m000../s1.